The van der Waals surface area contributed by atoms with Gasteiger partial charge >= 0.3 is 0 Å². The van der Waals surface area contributed by atoms with Crippen molar-refractivity contribution in [2.45, 2.75) is 0 Å². The van der Waals surface area contributed by atoms with Gasteiger partial charge in [0.2, 0.25) is 0 Å². The Hall–Kier alpha value is -1.90. The summed E-state index contributed by atoms with van der Waals surface area (Å²) in [6.07, 6.45) is 7.11. The highest BCUT2D eigenvalue weighted by Gasteiger charge is 1.95. The van der Waals surface area contributed by atoms with E-state index in [0.717, 1.165) is 11.4 Å². The molecule has 0 aliphatic rings. The van der Waals surface area contributed by atoms with Crippen LogP contribution in [0.4, 0.5) is 0 Å². The summed E-state index contributed by atoms with van der Waals surface area (Å²) in [5.74, 6) is 0.815. The van der Waals surface area contributed by atoms with Crippen molar-refractivity contribution in [1.29, 1.82) is 0 Å². The molecule has 0 fully saturated rings. The molecule has 64 valence electrons. The highest BCUT2D eigenvalue weighted by atomic mass is 15.3. The Morgan fingerprint density at radius 3 is 2.85 bits per heavy atom. The molecule has 0 saturated carbocycles. The molecule has 0 radical (unpaired) electrons. The molecule has 0 aromatic carbocycles. The Balaban J connectivity index is 2.38. The largest absolute Gasteiger partial charge is 0.237 e. The van der Waals surface area contributed by atoms with E-state index in [-0.39, 0.29) is 0 Å². The normalized spacial score (nSPS) is 9.85. The maximum Gasteiger partial charge on any atom is 0.153 e. The fraction of sp³-hybridized carbons (Fsp3) is 0. The summed E-state index contributed by atoms with van der Waals surface area (Å²) in [6.45, 7) is 3.66. The molecule has 3 heteroatoms. The van der Waals surface area contributed by atoms with Gasteiger partial charge in [0.15, 0.2) is 5.82 Å². The first kappa shape index (κ1) is 7.73. The van der Waals surface area contributed by atoms with Crippen molar-refractivity contribution in [3.63, 3.8) is 0 Å². The summed E-state index contributed by atoms with van der Waals surface area (Å²) in [4.78, 5) is 4.22. The van der Waals surface area contributed by atoms with Crippen LogP contribution in [0.15, 0.2) is 43.4 Å². The second kappa shape index (κ2) is 3.23. The molecular formula is C10H9N3. The van der Waals surface area contributed by atoms with Gasteiger partial charge in [0.1, 0.15) is 0 Å². The average Bonchev–Trinajstić information content (AvgIpc) is 2.71. The summed E-state index contributed by atoms with van der Waals surface area (Å²) >= 11 is 0. The fourth-order valence-corrected chi connectivity index (χ4v) is 1.06. The van der Waals surface area contributed by atoms with Crippen LogP contribution < -0.4 is 0 Å². The molecule has 0 aliphatic heterocycles. The SMILES string of the molecule is C=Cc1ccc(-n2cccn2)nc1. The van der Waals surface area contributed by atoms with Crippen LogP contribution in [-0.4, -0.2) is 14.8 Å². The molecule has 2 rings (SSSR count). The molecule has 3 nitrogen and oxygen atoms in total. The molecule has 0 amide bonds. The molecule has 2 heterocycles. The summed E-state index contributed by atoms with van der Waals surface area (Å²) in [7, 11) is 0. The Bertz CT molecular complexity index is 387. The predicted molar refractivity (Wildman–Crippen MR) is 51.5 cm³/mol. The fourth-order valence-electron chi connectivity index (χ4n) is 1.06. The lowest BCUT2D eigenvalue weighted by Crippen LogP contribution is -1.96. The summed E-state index contributed by atoms with van der Waals surface area (Å²) in [5.41, 5.74) is 1.01. The van der Waals surface area contributed by atoms with Crippen LogP contribution in [0.3, 0.4) is 0 Å². The standard InChI is InChI=1S/C10H9N3/c1-2-9-4-5-10(11-8-9)13-7-3-6-12-13/h2-8H,1H2. The van der Waals surface area contributed by atoms with Gasteiger partial charge in [0.25, 0.3) is 0 Å². The van der Waals surface area contributed by atoms with Crippen LogP contribution in [0.5, 0.6) is 0 Å². The third kappa shape index (κ3) is 1.49. The third-order valence-electron chi connectivity index (χ3n) is 1.75. The minimum Gasteiger partial charge on any atom is -0.237 e. The van der Waals surface area contributed by atoms with Gasteiger partial charge in [-0.25, -0.2) is 9.67 Å². The Morgan fingerprint density at radius 2 is 2.31 bits per heavy atom. The van der Waals surface area contributed by atoms with Gasteiger partial charge in [-0.15, -0.1) is 0 Å². The highest BCUT2D eigenvalue weighted by molar-refractivity contribution is 5.46. The summed E-state index contributed by atoms with van der Waals surface area (Å²) in [6, 6.07) is 5.73. The van der Waals surface area contributed by atoms with E-state index in [0.29, 0.717) is 0 Å². The van der Waals surface area contributed by atoms with Crippen molar-refractivity contribution in [2.75, 3.05) is 0 Å². The molecule has 0 spiro atoms. The van der Waals surface area contributed by atoms with Crippen molar-refractivity contribution < 1.29 is 0 Å². The van der Waals surface area contributed by atoms with Crippen molar-refractivity contribution >= 4 is 6.08 Å². The summed E-state index contributed by atoms with van der Waals surface area (Å²) in [5, 5.41) is 4.07. The first-order chi connectivity index (χ1) is 6.40. The van der Waals surface area contributed by atoms with Crippen LogP contribution in [0.25, 0.3) is 11.9 Å². The molecule has 2 aromatic rings. The van der Waals surface area contributed by atoms with E-state index in [1.807, 2.05) is 24.4 Å². The number of nitrogens with zero attached hydrogens (tertiary/aromatic N) is 3. The number of hydrogen-bond acceptors (Lipinski definition) is 2. The van der Waals surface area contributed by atoms with Crippen molar-refractivity contribution in [3.05, 3.63) is 48.9 Å². The smallest absolute Gasteiger partial charge is 0.153 e. The lowest BCUT2D eigenvalue weighted by atomic mass is 10.3. The molecule has 0 N–H and O–H groups in total. The van der Waals surface area contributed by atoms with E-state index >= 15 is 0 Å². The van der Waals surface area contributed by atoms with Gasteiger partial charge in [-0.2, -0.15) is 5.10 Å². The number of hydrogen-bond donors (Lipinski definition) is 0. The monoisotopic (exact) mass is 171 g/mol. The Kier molecular flexibility index (Phi) is 1.92. The molecule has 0 unspecified atom stereocenters. The van der Waals surface area contributed by atoms with E-state index in [9.17, 15) is 0 Å². The molecule has 13 heavy (non-hydrogen) atoms. The molecule has 0 bridgehead atoms. The van der Waals surface area contributed by atoms with Crippen molar-refractivity contribution in [2.24, 2.45) is 0 Å². The second-order valence-corrected chi connectivity index (χ2v) is 2.60. The minimum absolute atomic E-state index is 0.815. The topological polar surface area (TPSA) is 30.7 Å². The molecule has 0 atom stereocenters. The lowest BCUT2D eigenvalue weighted by molar-refractivity contribution is 0.846. The average molecular weight is 171 g/mol. The molecule has 2 aromatic heterocycles. The van der Waals surface area contributed by atoms with E-state index < -0.39 is 0 Å². The van der Waals surface area contributed by atoms with Gasteiger partial charge in [-0.05, 0) is 23.8 Å². The molecular weight excluding hydrogens is 162 g/mol. The lowest BCUT2D eigenvalue weighted by Gasteiger charge is -1.99. The van der Waals surface area contributed by atoms with Crippen LogP contribution >= 0.6 is 0 Å². The van der Waals surface area contributed by atoms with Gasteiger partial charge in [-0.3, -0.25) is 0 Å². The van der Waals surface area contributed by atoms with Crippen LogP contribution in [0.2, 0.25) is 0 Å². The first-order valence-corrected chi connectivity index (χ1v) is 3.98. The van der Waals surface area contributed by atoms with E-state index in [1.54, 1.807) is 23.2 Å². The van der Waals surface area contributed by atoms with Crippen LogP contribution in [-0.2, 0) is 0 Å². The second-order valence-electron chi connectivity index (χ2n) is 2.60. The molecule has 0 aliphatic carbocycles. The van der Waals surface area contributed by atoms with E-state index in [2.05, 4.69) is 16.7 Å². The Morgan fingerprint density at radius 1 is 1.38 bits per heavy atom. The summed E-state index contributed by atoms with van der Waals surface area (Å²) < 4.78 is 1.72. The predicted octanol–water partition coefficient (Wildman–Crippen LogP) is 1.91. The maximum atomic E-state index is 4.22. The highest BCUT2D eigenvalue weighted by Crippen LogP contribution is 2.04. The van der Waals surface area contributed by atoms with Gasteiger partial charge in [0, 0.05) is 18.6 Å². The number of aromatic nitrogens is 3. The van der Waals surface area contributed by atoms with Crippen molar-refractivity contribution in [1.82, 2.24) is 14.8 Å². The zero-order chi connectivity index (χ0) is 9.10. The Labute approximate surface area is 76.4 Å². The van der Waals surface area contributed by atoms with Gasteiger partial charge in [-0.1, -0.05) is 12.7 Å². The van der Waals surface area contributed by atoms with Gasteiger partial charge in [0.05, 0.1) is 0 Å². The third-order valence-corrected chi connectivity index (χ3v) is 1.75. The van der Waals surface area contributed by atoms with E-state index in [4.69, 9.17) is 0 Å². The van der Waals surface area contributed by atoms with Crippen LogP contribution in [0.1, 0.15) is 5.56 Å². The quantitative estimate of drug-likeness (QED) is 0.691. The van der Waals surface area contributed by atoms with Crippen molar-refractivity contribution in [3.8, 4) is 5.82 Å². The van der Waals surface area contributed by atoms with Gasteiger partial charge < -0.3 is 0 Å². The zero-order valence-electron chi connectivity index (χ0n) is 7.09. The number of pyridine rings is 1. The number of rotatable bonds is 2. The maximum absolute atomic E-state index is 4.22. The van der Waals surface area contributed by atoms with Crippen LogP contribution in [0, 0.1) is 0 Å². The first-order valence-electron chi connectivity index (χ1n) is 3.98. The zero-order valence-corrected chi connectivity index (χ0v) is 7.09. The minimum atomic E-state index is 0.815. The molecule has 0 saturated heterocycles. The van der Waals surface area contributed by atoms with E-state index in [1.165, 1.54) is 0 Å².